The van der Waals surface area contributed by atoms with Crippen molar-refractivity contribution in [2.75, 3.05) is 24.5 Å². The Kier molecular flexibility index (Phi) is 6.86. The zero-order valence-electron chi connectivity index (χ0n) is 17.0. The molecule has 1 fully saturated rings. The van der Waals surface area contributed by atoms with Gasteiger partial charge in [-0.15, -0.1) is 0 Å². The van der Waals surface area contributed by atoms with E-state index < -0.39 is 0 Å². The molecule has 1 aliphatic rings. The molecule has 2 aromatic carbocycles. The van der Waals surface area contributed by atoms with Gasteiger partial charge in [0.15, 0.2) is 0 Å². The van der Waals surface area contributed by atoms with Gasteiger partial charge < -0.3 is 10.2 Å². The lowest BCUT2D eigenvalue weighted by atomic mass is 10.1. The van der Waals surface area contributed by atoms with Gasteiger partial charge in [-0.25, -0.2) is 9.18 Å². The van der Waals surface area contributed by atoms with Gasteiger partial charge in [0.25, 0.3) is 5.91 Å². The van der Waals surface area contributed by atoms with E-state index in [4.69, 9.17) is 0 Å². The number of urea groups is 1. The van der Waals surface area contributed by atoms with E-state index in [2.05, 4.69) is 19.2 Å². The van der Waals surface area contributed by atoms with Crippen molar-refractivity contribution in [1.29, 1.82) is 0 Å². The molecule has 0 atom stereocenters. The first-order valence-electron chi connectivity index (χ1n) is 10.1. The number of amides is 3. The van der Waals surface area contributed by atoms with Gasteiger partial charge in [0.05, 0.1) is 0 Å². The Hall–Kier alpha value is -2.89. The number of halogens is 1. The van der Waals surface area contributed by atoms with Gasteiger partial charge >= 0.3 is 6.03 Å². The normalized spacial score (nSPS) is 14.4. The van der Waals surface area contributed by atoms with E-state index in [-0.39, 0.29) is 17.8 Å². The summed E-state index contributed by atoms with van der Waals surface area (Å²) in [4.78, 5) is 28.6. The Morgan fingerprint density at radius 2 is 1.90 bits per heavy atom. The van der Waals surface area contributed by atoms with E-state index in [9.17, 15) is 14.0 Å². The molecule has 0 saturated carbocycles. The molecule has 29 heavy (non-hydrogen) atoms. The molecular weight excluding hydrogens is 369 g/mol. The van der Waals surface area contributed by atoms with Crippen LogP contribution in [0.5, 0.6) is 0 Å². The van der Waals surface area contributed by atoms with Crippen LogP contribution >= 0.6 is 0 Å². The Morgan fingerprint density at radius 3 is 2.59 bits per heavy atom. The molecule has 0 aliphatic carbocycles. The second-order valence-electron chi connectivity index (χ2n) is 7.82. The molecule has 1 N–H and O–H groups in total. The molecular formula is C23H28FN3O2. The SMILES string of the molecule is CC(C)CCNC(=O)c1ccc(N2CCCN(Cc3cccc(F)c3)C2=O)cc1. The third-order valence-corrected chi connectivity index (χ3v) is 5.02. The second-order valence-corrected chi connectivity index (χ2v) is 7.82. The highest BCUT2D eigenvalue weighted by Gasteiger charge is 2.27. The fraction of sp³-hybridized carbons (Fsp3) is 0.391. The van der Waals surface area contributed by atoms with Crippen LogP contribution in [0.2, 0.25) is 0 Å². The van der Waals surface area contributed by atoms with Crippen LogP contribution in [0, 0.1) is 11.7 Å². The zero-order valence-corrected chi connectivity index (χ0v) is 17.0. The minimum absolute atomic E-state index is 0.102. The van der Waals surface area contributed by atoms with Gasteiger partial charge in [0.1, 0.15) is 5.82 Å². The van der Waals surface area contributed by atoms with Crippen molar-refractivity contribution in [1.82, 2.24) is 10.2 Å². The summed E-state index contributed by atoms with van der Waals surface area (Å²) in [7, 11) is 0. The molecule has 0 aromatic heterocycles. The molecule has 6 heteroatoms. The zero-order chi connectivity index (χ0) is 20.8. The minimum atomic E-state index is -0.300. The number of nitrogens with one attached hydrogen (secondary N) is 1. The summed E-state index contributed by atoms with van der Waals surface area (Å²) < 4.78 is 13.4. The topological polar surface area (TPSA) is 52.7 Å². The summed E-state index contributed by atoms with van der Waals surface area (Å²) in [5, 5.41) is 2.92. The average Bonchev–Trinajstić information content (AvgIpc) is 2.69. The predicted octanol–water partition coefficient (Wildman–Crippen LogP) is 4.43. The van der Waals surface area contributed by atoms with E-state index in [1.807, 2.05) is 6.07 Å². The van der Waals surface area contributed by atoms with Gasteiger partial charge in [0.2, 0.25) is 0 Å². The lowest BCUT2D eigenvalue weighted by Gasteiger charge is -2.35. The van der Waals surface area contributed by atoms with Gasteiger partial charge in [-0.2, -0.15) is 0 Å². The first-order valence-corrected chi connectivity index (χ1v) is 10.1. The van der Waals surface area contributed by atoms with E-state index in [0.29, 0.717) is 37.7 Å². The molecule has 0 unspecified atom stereocenters. The van der Waals surface area contributed by atoms with Crippen LogP contribution in [0.1, 0.15) is 42.6 Å². The fourth-order valence-corrected chi connectivity index (χ4v) is 3.39. The third-order valence-electron chi connectivity index (χ3n) is 5.02. The van der Waals surface area contributed by atoms with Gasteiger partial charge in [-0.05, 0) is 60.7 Å². The fourth-order valence-electron chi connectivity index (χ4n) is 3.39. The van der Waals surface area contributed by atoms with Crippen LogP contribution in [-0.4, -0.2) is 36.5 Å². The van der Waals surface area contributed by atoms with E-state index >= 15 is 0 Å². The van der Waals surface area contributed by atoms with Crippen LogP contribution in [0.25, 0.3) is 0 Å². The average molecular weight is 397 g/mol. The molecule has 1 aliphatic heterocycles. The number of rotatable bonds is 7. The lowest BCUT2D eigenvalue weighted by Crippen LogP contribution is -2.49. The van der Waals surface area contributed by atoms with Crippen molar-refractivity contribution in [2.45, 2.75) is 33.2 Å². The highest BCUT2D eigenvalue weighted by molar-refractivity contribution is 5.96. The van der Waals surface area contributed by atoms with E-state index in [1.165, 1.54) is 12.1 Å². The number of nitrogens with zero attached hydrogens (tertiary/aromatic N) is 2. The Labute approximate surface area is 171 Å². The maximum atomic E-state index is 13.4. The van der Waals surface area contributed by atoms with Crippen LogP contribution in [0.3, 0.4) is 0 Å². The minimum Gasteiger partial charge on any atom is -0.352 e. The number of carbonyl (C=O) groups is 2. The molecule has 2 aromatic rings. The van der Waals surface area contributed by atoms with Crippen LogP contribution < -0.4 is 10.2 Å². The highest BCUT2D eigenvalue weighted by Crippen LogP contribution is 2.22. The van der Waals surface area contributed by atoms with Crippen molar-refractivity contribution in [3.63, 3.8) is 0 Å². The van der Waals surface area contributed by atoms with Gasteiger partial charge in [-0.1, -0.05) is 26.0 Å². The van der Waals surface area contributed by atoms with E-state index in [1.54, 1.807) is 40.1 Å². The van der Waals surface area contributed by atoms with Gasteiger partial charge in [-0.3, -0.25) is 9.69 Å². The quantitative estimate of drug-likeness (QED) is 0.751. The summed E-state index contributed by atoms with van der Waals surface area (Å²) in [5.74, 6) is 0.138. The van der Waals surface area contributed by atoms with Crippen molar-refractivity contribution < 1.29 is 14.0 Å². The largest absolute Gasteiger partial charge is 0.352 e. The standard InChI is InChI=1S/C23H28FN3O2/c1-17(2)11-12-25-22(28)19-7-9-21(10-8-19)27-14-4-13-26(23(27)29)16-18-5-3-6-20(24)15-18/h3,5-10,15,17H,4,11-14,16H2,1-2H3,(H,25,28). The number of anilines is 1. The third kappa shape index (κ3) is 5.56. The molecule has 1 heterocycles. The molecule has 5 nitrogen and oxygen atoms in total. The first-order chi connectivity index (χ1) is 13.9. The molecule has 0 radical (unpaired) electrons. The molecule has 1 saturated heterocycles. The highest BCUT2D eigenvalue weighted by atomic mass is 19.1. The Balaban J connectivity index is 1.63. The smallest absolute Gasteiger partial charge is 0.324 e. The van der Waals surface area contributed by atoms with Crippen molar-refractivity contribution in [2.24, 2.45) is 5.92 Å². The Bertz CT molecular complexity index is 851. The van der Waals surface area contributed by atoms with Crippen molar-refractivity contribution >= 4 is 17.6 Å². The number of carbonyl (C=O) groups excluding carboxylic acids is 2. The summed E-state index contributed by atoms with van der Waals surface area (Å²) >= 11 is 0. The first kappa shape index (κ1) is 20.8. The van der Waals surface area contributed by atoms with Crippen molar-refractivity contribution in [3.05, 3.63) is 65.5 Å². The van der Waals surface area contributed by atoms with Crippen LogP contribution in [0.4, 0.5) is 14.9 Å². The number of hydrogen-bond acceptors (Lipinski definition) is 2. The van der Waals surface area contributed by atoms with Crippen molar-refractivity contribution in [3.8, 4) is 0 Å². The van der Waals surface area contributed by atoms with Crippen LogP contribution in [-0.2, 0) is 6.54 Å². The summed E-state index contributed by atoms with van der Waals surface area (Å²) in [6, 6.07) is 13.3. The summed E-state index contributed by atoms with van der Waals surface area (Å²) in [6.45, 7) is 6.53. The maximum Gasteiger partial charge on any atom is 0.324 e. The number of benzene rings is 2. The summed E-state index contributed by atoms with van der Waals surface area (Å²) in [5.41, 5.74) is 2.12. The lowest BCUT2D eigenvalue weighted by molar-refractivity contribution is 0.0952. The second kappa shape index (κ2) is 9.54. The molecule has 3 rings (SSSR count). The molecule has 0 spiro atoms. The summed E-state index contributed by atoms with van der Waals surface area (Å²) in [6.07, 6.45) is 1.77. The molecule has 154 valence electrons. The molecule has 0 bridgehead atoms. The van der Waals surface area contributed by atoms with E-state index in [0.717, 1.165) is 24.1 Å². The van der Waals surface area contributed by atoms with Crippen LogP contribution in [0.15, 0.2) is 48.5 Å². The molecule has 3 amide bonds. The monoisotopic (exact) mass is 397 g/mol. The predicted molar refractivity (Wildman–Crippen MR) is 112 cm³/mol. The Morgan fingerprint density at radius 1 is 1.14 bits per heavy atom. The maximum absolute atomic E-state index is 13.4. The van der Waals surface area contributed by atoms with Gasteiger partial charge in [0, 0.05) is 37.4 Å². The number of hydrogen-bond donors (Lipinski definition) is 1.